The van der Waals surface area contributed by atoms with E-state index in [-0.39, 0.29) is 18.5 Å². The van der Waals surface area contributed by atoms with Gasteiger partial charge in [0.1, 0.15) is 12.3 Å². The lowest BCUT2D eigenvalue weighted by Crippen LogP contribution is -2.37. The molecule has 0 saturated carbocycles. The van der Waals surface area contributed by atoms with Crippen molar-refractivity contribution in [1.82, 2.24) is 9.91 Å². The van der Waals surface area contributed by atoms with E-state index in [1.807, 2.05) is 54.6 Å². The molecule has 1 fully saturated rings. The van der Waals surface area contributed by atoms with Gasteiger partial charge in [-0.1, -0.05) is 48.9 Å². The summed E-state index contributed by atoms with van der Waals surface area (Å²) in [5, 5.41) is 5.99. The number of nitrogens with zero attached hydrogens (tertiary/aromatic N) is 3. The molecule has 8 heteroatoms. The number of carbonyl (C=O) groups is 3. The first-order valence-electron chi connectivity index (χ1n) is 11.6. The molecular formula is C26H29N3O5. The number of likely N-dealkylation sites (tertiary alicyclic amines) is 1. The number of ether oxygens (including phenoxy) is 2. The van der Waals surface area contributed by atoms with Crippen LogP contribution in [0.25, 0.3) is 0 Å². The normalized spacial score (nSPS) is 18.3. The summed E-state index contributed by atoms with van der Waals surface area (Å²) in [7, 11) is 1.60. The first-order valence-corrected chi connectivity index (χ1v) is 11.6. The number of esters is 1. The number of carbonyl (C=O) groups excluding carboxylic acids is 3. The summed E-state index contributed by atoms with van der Waals surface area (Å²) in [6.07, 6.45) is 3.66. The minimum absolute atomic E-state index is 0.0445. The Bertz CT molecular complexity index is 1050. The molecule has 2 aromatic carbocycles. The molecule has 0 N–H and O–H groups in total. The number of rotatable bonds is 7. The summed E-state index contributed by atoms with van der Waals surface area (Å²) in [6, 6.07) is 16.9. The van der Waals surface area contributed by atoms with Gasteiger partial charge < -0.3 is 14.4 Å². The minimum atomic E-state index is -0.587. The van der Waals surface area contributed by atoms with E-state index in [2.05, 4.69) is 5.10 Å². The molecule has 1 atom stereocenters. The first kappa shape index (κ1) is 23.5. The average Bonchev–Trinajstić information content (AvgIpc) is 3.22. The fourth-order valence-electron chi connectivity index (χ4n) is 4.25. The molecule has 2 aliphatic rings. The van der Waals surface area contributed by atoms with Crippen molar-refractivity contribution in [2.24, 2.45) is 5.10 Å². The molecule has 1 unspecified atom stereocenters. The molecule has 8 nitrogen and oxygen atoms in total. The SMILES string of the molecule is COc1ccc(C2CC(c3ccccc3)=NN2C(=O)COC(=O)CN2CCCCCC2=O)cc1. The number of hydrogen-bond donors (Lipinski definition) is 0. The van der Waals surface area contributed by atoms with Crippen LogP contribution in [0.2, 0.25) is 0 Å². The van der Waals surface area contributed by atoms with Gasteiger partial charge >= 0.3 is 5.97 Å². The van der Waals surface area contributed by atoms with E-state index in [0.717, 1.165) is 41.9 Å². The molecule has 0 aliphatic carbocycles. The van der Waals surface area contributed by atoms with Crippen LogP contribution in [0.1, 0.15) is 49.3 Å². The highest BCUT2D eigenvalue weighted by atomic mass is 16.5. The van der Waals surface area contributed by atoms with Crippen molar-refractivity contribution in [2.75, 3.05) is 26.8 Å². The van der Waals surface area contributed by atoms with Crippen molar-refractivity contribution in [3.8, 4) is 5.75 Å². The van der Waals surface area contributed by atoms with Crippen LogP contribution < -0.4 is 4.74 Å². The second kappa shape index (κ2) is 11.0. The van der Waals surface area contributed by atoms with Crippen LogP contribution in [0.5, 0.6) is 5.75 Å². The number of hydrazone groups is 1. The van der Waals surface area contributed by atoms with Crippen LogP contribution >= 0.6 is 0 Å². The van der Waals surface area contributed by atoms with Crippen LogP contribution in [0, 0.1) is 0 Å². The summed E-state index contributed by atoms with van der Waals surface area (Å²) in [6.45, 7) is -0.0239. The zero-order valence-corrected chi connectivity index (χ0v) is 19.3. The maximum Gasteiger partial charge on any atom is 0.326 e. The highest BCUT2D eigenvalue weighted by Gasteiger charge is 2.33. The molecule has 0 spiro atoms. The van der Waals surface area contributed by atoms with Gasteiger partial charge in [0.2, 0.25) is 5.91 Å². The van der Waals surface area contributed by atoms with E-state index < -0.39 is 18.5 Å². The van der Waals surface area contributed by atoms with E-state index in [9.17, 15) is 14.4 Å². The quantitative estimate of drug-likeness (QED) is 0.588. The maximum atomic E-state index is 13.1. The molecule has 1 saturated heterocycles. The smallest absolute Gasteiger partial charge is 0.326 e. The van der Waals surface area contributed by atoms with Gasteiger partial charge in [0.15, 0.2) is 6.61 Å². The summed E-state index contributed by atoms with van der Waals surface area (Å²) in [5.74, 6) is -0.323. The lowest BCUT2D eigenvalue weighted by atomic mass is 9.98. The summed E-state index contributed by atoms with van der Waals surface area (Å²) >= 11 is 0. The summed E-state index contributed by atoms with van der Waals surface area (Å²) in [5.41, 5.74) is 2.63. The predicted molar refractivity (Wildman–Crippen MR) is 126 cm³/mol. The van der Waals surface area contributed by atoms with E-state index in [0.29, 0.717) is 19.4 Å². The van der Waals surface area contributed by atoms with Crippen molar-refractivity contribution in [3.05, 3.63) is 65.7 Å². The first-order chi connectivity index (χ1) is 16.5. The molecule has 2 heterocycles. The Morgan fingerprint density at radius 3 is 2.53 bits per heavy atom. The molecule has 2 amide bonds. The van der Waals surface area contributed by atoms with Gasteiger partial charge in [0.05, 0.1) is 18.9 Å². The van der Waals surface area contributed by atoms with Gasteiger partial charge in [-0.3, -0.25) is 14.4 Å². The van der Waals surface area contributed by atoms with Crippen molar-refractivity contribution < 1.29 is 23.9 Å². The fraction of sp³-hybridized carbons (Fsp3) is 0.385. The van der Waals surface area contributed by atoms with Gasteiger partial charge in [0, 0.05) is 19.4 Å². The topological polar surface area (TPSA) is 88.5 Å². The zero-order valence-electron chi connectivity index (χ0n) is 19.3. The maximum absolute atomic E-state index is 13.1. The molecule has 0 aromatic heterocycles. The van der Waals surface area contributed by atoms with E-state index in [1.54, 1.807) is 7.11 Å². The Morgan fingerprint density at radius 1 is 1.03 bits per heavy atom. The van der Waals surface area contributed by atoms with Gasteiger partial charge in [0.25, 0.3) is 5.91 Å². The van der Waals surface area contributed by atoms with Crippen molar-refractivity contribution >= 4 is 23.5 Å². The van der Waals surface area contributed by atoms with Crippen LogP contribution in [-0.2, 0) is 19.1 Å². The van der Waals surface area contributed by atoms with Gasteiger partial charge in [-0.05, 0) is 36.1 Å². The number of benzene rings is 2. The van der Waals surface area contributed by atoms with Crippen LogP contribution in [0.4, 0.5) is 0 Å². The third-order valence-electron chi connectivity index (χ3n) is 6.12. The van der Waals surface area contributed by atoms with E-state index in [4.69, 9.17) is 9.47 Å². The van der Waals surface area contributed by atoms with Crippen molar-refractivity contribution in [1.29, 1.82) is 0 Å². The Kier molecular flexibility index (Phi) is 7.57. The molecule has 0 bridgehead atoms. The average molecular weight is 464 g/mol. The lowest BCUT2D eigenvalue weighted by Gasteiger charge is -2.23. The second-order valence-corrected chi connectivity index (χ2v) is 8.43. The molecule has 2 aliphatic heterocycles. The van der Waals surface area contributed by atoms with Gasteiger partial charge in [-0.25, -0.2) is 5.01 Å². The third-order valence-corrected chi connectivity index (χ3v) is 6.12. The molecular weight excluding hydrogens is 434 g/mol. The largest absolute Gasteiger partial charge is 0.497 e. The fourth-order valence-corrected chi connectivity index (χ4v) is 4.25. The standard InChI is InChI=1S/C26H29N3O5/c1-33-21-13-11-20(12-14-21)23-16-22(19-8-4-2-5-9-19)27-29(23)25(31)18-34-26(32)17-28-15-7-3-6-10-24(28)30/h2,4-5,8-9,11-14,23H,3,6-7,10,15-18H2,1H3. The minimum Gasteiger partial charge on any atom is -0.497 e. The van der Waals surface area contributed by atoms with Crippen LogP contribution in [-0.4, -0.2) is 60.2 Å². The van der Waals surface area contributed by atoms with E-state index >= 15 is 0 Å². The predicted octanol–water partition coefficient (Wildman–Crippen LogP) is 3.32. The molecule has 2 aromatic rings. The number of hydrogen-bond acceptors (Lipinski definition) is 6. The molecule has 0 radical (unpaired) electrons. The number of amides is 2. The second-order valence-electron chi connectivity index (χ2n) is 8.43. The Balaban J connectivity index is 1.45. The van der Waals surface area contributed by atoms with Crippen molar-refractivity contribution in [2.45, 2.75) is 38.1 Å². The zero-order chi connectivity index (χ0) is 23.9. The highest BCUT2D eigenvalue weighted by molar-refractivity contribution is 6.03. The molecule has 34 heavy (non-hydrogen) atoms. The Hall–Kier alpha value is -3.68. The number of methoxy groups -OCH3 is 1. The van der Waals surface area contributed by atoms with Gasteiger partial charge in [-0.15, -0.1) is 0 Å². The van der Waals surface area contributed by atoms with Crippen molar-refractivity contribution in [3.63, 3.8) is 0 Å². The van der Waals surface area contributed by atoms with E-state index in [1.165, 1.54) is 9.91 Å². The summed E-state index contributed by atoms with van der Waals surface area (Å²) in [4.78, 5) is 39.1. The lowest BCUT2D eigenvalue weighted by molar-refractivity contribution is -0.155. The molecule has 4 rings (SSSR count). The van der Waals surface area contributed by atoms with Gasteiger partial charge in [-0.2, -0.15) is 5.10 Å². The molecule has 178 valence electrons. The third kappa shape index (κ3) is 5.62. The van der Waals surface area contributed by atoms with Crippen LogP contribution in [0.15, 0.2) is 59.7 Å². The highest BCUT2D eigenvalue weighted by Crippen LogP contribution is 2.33. The summed E-state index contributed by atoms with van der Waals surface area (Å²) < 4.78 is 10.5. The Labute approximate surface area is 199 Å². The van der Waals surface area contributed by atoms with Crippen LogP contribution in [0.3, 0.4) is 0 Å². The Morgan fingerprint density at radius 2 is 1.79 bits per heavy atom. The monoisotopic (exact) mass is 463 g/mol.